The fourth-order valence-corrected chi connectivity index (χ4v) is 3.97. The van der Waals surface area contributed by atoms with E-state index in [9.17, 15) is 9.59 Å². The van der Waals surface area contributed by atoms with Crippen LogP contribution >= 0.6 is 11.8 Å². The molecule has 4 rings (SSSR count). The molecule has 0 saturated heterocycles. The van der Waals surface area contributed by atoms with Gasteiger partial charge in [0.05, 0.1) is 16.6 Å². The monoisotopic (exact) mass is 418 g/mol. The van der Waals surface area contributed by atoms with Crippen LogP contribution in [0.15, 0.2) is 88.8 Å². The Hall–Kier alpha value is -3.58. The van der Waals surface area contributed by atoms with E-state index in [-0.39, 0.29) is 5.56 Å². The second kappa shape index (κ2) is 8.84. The van der Waals surface area contributed by atoms with Gasteiger partial charge in [-0.05, 0) is 35.9 Å². The normalized spacial score (nSPS) is 10.8. The standard InChI is InChI=1S/C23H18N2O4S/c26-21(27)14-29-18-11-12-20-19(13-18)22(28)25(17-9-5-2-6-10-17)23(24-20)30-15-16-7-3-1-4-8-16/h1-13H,14-15H2,(H,26,27). The average molecular weight is 418 g/mol. The molecule has 0 bridgehead atoms. The van der Waals surface area contributed by atoms with Gasteiger partial charge in [-0.2, -0.15) is 0 Å². The molecule has 7 heteroatoms. The smallest absolute Gasteiger partial charge is 0.341 e. The number of aromatic nitrogens is 2. The number of rotatable bonds is 7. The van der Waals surface area contributed by atoms with Crippen LogP contribution in [0.5, 0.6) is 5.75 Å². The Morgan fingerprint density at radius 2 is 1.70 bits per heavy atom. The summed E-state index contributed by atoms with van der Waals surface area (Å²) in [6.45, 7) is -0.475. The van der Waals surface area contributed by atoms with Crippen LogP contribution in [0.1, 0.15) is 5.56 Å². The first-order valence-electron chi connectivity index (χ1n) is 9.25. The molecule has 150 valence electrons. The van der Waals surface area contributed by atoms with E-state index in [0.29, 0.717) is 33.2 Å². The highest BCUT2D eigenvalue weighted by Crippen LogP contribution is 2.26. The minimum Gasteiger partial charge on any atom is -0.482 e. The molecule has 0 spiro atoms. The number of thioether (sulfide) groups is 1. The molecule has 4 aromatic rings. The molecule has 0 radical (unpaired) electrons. The molecule has 0 unspecified atom stereocenters. The summed E-state index contributed by atoms with van der Waals surface area (Å²) in [6.07, 6.45) is 0. The molecule has 1 heterocycles. The van der Waals surface area contributed by atoms with Gasteiger partial charge in [-0.3, -0.25) is 9.36 Å². The molecule has 0 aliphatic carbocycles. The zero-order valence-electron chi connectivity index (χ0n) is 15.9. The van der Waals surface area contributed by atoms with Crippen molar-refractivity contribution < 1.29 is 14.6 Å². The SMILES string of the molecule is O=C(O)COc1ccc2nc(SCc3ccccc3)n(-c3ccccc3)c(=O)c2c1. The summed E-state index contributed by atoms with van der Waals surface area (Å²) >= 11 is 1.49. The van der Waals surface area contributed by atoms with E-state index in [1.807, 2.05) is 60.7 Å². The van der Waals surface area contributed by atoms with E-state index in [1.54, 1.807) is 22.8 Å². The van der Waals surface area contributed by atoms with Crippen LogP contribution in [0.3, 0.4) is 0 Å². The number of benzene rings is 3. The Labute approximate surface area is 176 Å². The van der Waals surface area contributed by atoms with Gasteiger partial charge < -0.3 is 9.84 Å². The van der Waals surface area contributed by atoms with Crippen molar-refractivity contribution >= 4 is 28.6 Å². The maximum atomic E-state index is 13.4. The first-order valence-corrected chi connectivity index (χ1v) is 10.2. The summed E-state index contributed by atoms with van der Waals surface area (Å²) < 4.78 is 6.81. The lowest BCUT2D eigenvalue weighted by molar-refractivity contribution is -0.139. The van der Waals surface area contributed by atoms with E-state index < -0.39 is 12.6 Å². The van der Waals surface area contributed by atoms with Crippen molar-refractivity contribution in [2.45, 2.75) is 10.9 Å². The van der Waals surface area contributed by atoms with Gasteiger partial charge in [0.25, 0.3) is 5.56 Å². The third-order valence-corrected chi connectivity index (χ3v) is 5.41. The Kier molecular flexibility index (Phi) is 5.81. The van der Waals surface area contributed by atoms with Crippen molar-refractivity contribution in [2.75, 3.05) is 6.61 Å². The lowest BCUT2D eigenvalue weighted by atomic mass is 10.2. The average Bonchev–Trinajstić information content (AvgIpc) is 2.78. The number of carbonyl (C=O) groups is 1. The van der Waals surface area contributed by atoms with Crippen molar-refractivity contribution in [1.29, 1.82) is 0 Å². The number of carboxylic acids is 1. The molecule has 0 fully saturated rings. The largest absolute Gasteiger partial charge is 0.482 e. The third-order valence-electron chi connectivity index (χ3n) is 4.40. The maximum absolute atomic E-state index is 13.4. The van der Waals surface area contributed by atoms with Gasteiger partial charge in [0, 0.05) is 5.75 Å². The van der Waals surface area contributed by atoms with Crippen LogP contribution in [0, 0.1) is 0 Å². The zero-order valence-corrected chi connectivity index (χ0v) is 16.7. The highest BCUT2D eigenvalue weighted by atomic mass is 32.2. The molecular weight excluding hydrogens is 400 g/mol. The van der Waals surface area contributed by atoms with E-state index in [4.69, 9.17) is 14.8 Å². The third kappa shape index (κ3) is 4.36. The molecule has 30 heavy (non-hydrogen) atoms. The first-order chi connectivity index (χ1) is 14.6. The molecule has 0 aliphatic rings. The number of para-hydroxylation sites is 1. The predicted molar refractivity (Wildman–Crippen MR) is 116 cm³/mol. The number of nitrogens with zero attached hydrogens (tertiary/aromatic N) is 2. The van der Waals surface area contributed by atoms with Crippen LogP contribution in [-0.4, -0.2) is 27.2 Å². The second-order valence-electron chi connectivity index (χ2n) is 6.51. The van der Waals surface area contributed by atoms with Crippen molar-refractivity contribution in [3.8, 4) is 11.4 Å². The summed E-state index contributed by atoms with van der Waals surface area (Å²) in [5.74, 6) is -0.0958. The van der Waals surface area contributed by atoms with Gasteiger partial charge >= 0.3 is 5.97 Å². The second-order valence-corrected chi connectivity index (χ2v) is 7.45. The highest BCUT2D eigenvalue weighted by Gasteiger charge is 2.14. The van der Waals surface area contributed by atoms with Crippen LogP contribution in [0.25, 0.3) is 16.6 Å². The van der Waals surface area contributed by atoms with Gasteiger partial charge in [-0.1, -0.05) is 60.3 Å². The fourth-order valence-electron chi connectivity index (χ4n) is 3.00. The quantitative estimate of drug-likeness (QED) is 0.359. The van der Waals surface area contributed by atoms with Gasteiger partial charge in [0.2, 0.25) is 0 Å². The van der Waals surface area contributed by atoms with Gasteiger partial charge in [-0.15, -0.1) is 0 Å². The number of carboxylic acid groups (broad SMARTS) is 1. The Bertz CT molecular complexity index is 1240. The van der Waals surface area contributed by atoms with E-state index in [1.165, 1.54) is 11.8 Å². The summed E-state index contributed by atoms with van der Waals surface area (Å²) in [4.78, 5) is 28.9. The van der Waals surface area contributed by atoms with E-state index >= 15 is 0 Å². The predicted octanol–water partition coefficient (Wildman–Crippen LogP) is 4.14. The van der Waals surface area contributed by atoms with Crippen molar-refractivity contribution in [2.24, 2.45) is 0 Å². The fraction of sp³-hybridized carbons (Fsp3) is 0.0870. The summed E-state index contributed by atoms with van der Waals surface area (Å²) in [6, 6.07) is 24.1. The zero-order chi connectivity index (χ0) is 20.9. The van der Waals surface area contributed by atoms with Crippen LogP contribution in [-0.2, 0) is 10.5 Å². The molecule has 3 aromatic carbocycles. The topological polar surface area (TPSA) is 81.4 Å². The summed E-state index contributed by atoms with van der Waals surface area (Å²) in [5, 5.41) is 9.77. The van der Waals surface area contributed by atoms with E-state index in [0.717, 1.165) is 5.56 Å². The van der Waals surface area contributed by atoms with Crippen LogP contribution in [0.4, 0.5) is 0 Å². The molecule has 0 amide bonds. The van der Waals surface area contributed by atoms with Crippen molar-refractivity contribution in [3.63, 3.8) is 0 Å². The molecule has 0 aliphatic heterocycles. The maximum Gasteiger partial charge on any atom is 0.341 e. The molecular formula is C23H18N2O4S. The van der Waals surface area contributed by atoms with Gasteiger partial charge in [0.1, 0.15) is 5.75 Å². The highest BCUT2D eigenvalue weighted by molar-refractivity contribution is 7.98. The molecule has 0 atom stereocenters. The Morgan fingerprint density at radius 1 is 1.00 bits per heavy atom. The summed E-state index contributed by atoms with van der Waals surface area (Å²) in [5.41, 5.74) is 2.14. The van der Waals surface area contributed by atoms with Crippen LogP contribution < -0.4 is 10.3 Å². The number of aliphatic carboxylic acids is 1. The molecule has 1 N–H and O–H groups in total. The Balaban J connectivity index is 1.80. The van der Waals surface area contributed by atoms with Crippen molar-refractivity contribution in [3.05, 3.63) is 94.8 Å². The molecule has 1 aromatic heterocycles. The lowest BCUT2D eigenvalue weighted by Gasteiger charge is -2.14. The van der Waals surface area contributed by atoms with Crippen molar-refractivity contribution in [1.82, 2.24) is 9.55 Å². The van der Waals surface area contributed by atoms with E-state index in [2.05, 4.69) is 0 Å². The van der Waals surface area contributed by atoms with Gasteiger partial charge in [-0.25, -0.2) is 9.78 Å². The number of hydrogen-bond acceptors (Lipinski definition) is 5. The van der Waals surface area contributed by atoms with Gasteiger partial charge in [0.15, 0.2) is 11.8 Å². The van der Waals surface area contributed by atoms with Crippen LogP contribution in [0.2, 0.25) is 0 Å². The Morgan fingerprint density at radius 3 is 2.40 bits per heavy atom. The number of fused-ring (bicyclic) bond motifs is 1. The molecule has 0 saturated carbocycles. The first kappa shape index (κ1) is 19.7. The minimum absolute atomic E-state index is 0.234. The number of hydrogen-bond donors (Lipinski definition) is 1. The molecule has 6 nitrogen and oxygen atoms in total. The minimum atomic E-state index is -1.08. The summed E-state index contributed by atoms with van der Waals surface area (Å²) in [7, 11) is 0. The number of ether oxygens (including phenoxy) is 1. The lowest BCUT2D eigenvalue weighted by Crippen LogP contribution is -2.22.